The highest BCUT2D eigenvalue weighted by Gasteiger charge is 2.37. The second-order valence-corrected chi connectivity index (χ2v) is 5.91. The van der Waals surface area contributed by atoms with E-state index in [0.29, 0.717) is 17.6 Å². The van der Waals surface area contributed by atoms with E-state index in [-0.39, 0.29) is 11.1 Å². The van der Waals surface area contributed by atoms with Crippen molar-refractivity contribution in [3.63, 3.8) is 0 Å². The lowest BCUT2D eigenvalue weighted by molar-refractivity contribution is -0.384. The second kappa shape index (κ2) is 4.73. The summed E-state index contributed by atoms with van der Waals surface area (Å²) in [6.45, 7) is 0.533. The van der Waals surface area contributed by atoms with Crippen LogP contribution < -0.4 is 5.76 Å². The summed E-state index contributed by atoms with van der Waals surface area (Å²) in [6, 6.07) is 4.23. The smallest absolute Gasteiger partial charge is 0.408 e. The van der Waals surface area contributed by atoms with Gasteiger partial charge in [0.15, 0.2) is 5.58 Å². The zero-order chi connectivity index (χ0) is 14.3. The van der Waals surface area contributed by atoms with Crippen molar-refractivity contribution in [3.8, 4) is 0 Å². The number of fused-ring (bicyclic) bond motifs is 1. The summed E-state index contributed by atoms with van der Waals surface area (Å²) in [7, 11) is 0. The summed E-state index contributed by atoms with van der Waals surface area (Å²) in [4.78, 5) is 22.3. The van der Waals surface area contributed by atoms with Crippen molar-refractivity contribution in [2.24, 2.45) is 5.41 Å². The Morgan fingerprint density at radius 3 is 2.75 bits per heavy atom. The number of nitro benzene ring substituents is 1. The first kappa shape index (κ1) is 13.4. The predicted octanol–water partition coefficient (Wildman–Crippen LogP) is 3.07. The minimum atomic E-state index is -0.467. The Kier molecular flexibility index (Phi) is 3.16. The standard InChI is InChI=1S/C13H13BrN2O4/c14-7-13(4-1-5-13)8-15-10-6-9(16(18)19)2-3-11(10)20-12(15)17/h2-3,6H,1,4-5,7-8H2. The van der Waals surface area contributed by atoms with Gasteiger partial charge in [-0.2, -0.15) is 0 Å². The van der Waals surface area contributed by atoms with Gasteiger partial charge in [-0.25, -0.2) is 4.79 Å². The zero-order valence-corrected chi connectivity index (χ0v) is 12.3. The molecule has 1 aromatic carbocycles. The SMILES string of the molecule is O=c1oc2ccc([N+](=O)[O-])cc2n1CC1(CBr)CCC1. The van der Waals surface area contributed by atoms with Gasteiger partial charge in [-0.05, 0) is 24.3 Å². The number of benzene rings is 1. The average molecular weight is 341 g/mol. The fourth-order valence-corrected chi connectivity index (χ4v) is 3.40. The van der Waals surface area contributed by atoms with Crippen LogP contribution in [0.15, 0.2) is 27.4 Å². The van der Waals surface area contributed by atoms with E-state index in [1.54, 1.807) is 0 Å². The van der Waals surface area contributed by atoms with Crippen LogP contribution in [0, 0.1) is 15.5 Å². The number of hydrogen-bond donors (Lipinski definition) is 0. The van der Waals surface area contributed by atoms with E-state index in [1.165, 1.54) is 22.8 Å². The van der Waals surface area contributed by atoms with Gasteiger partial charge in [0.1, 0.15) is 0 Å². The van der Waals surface area contributed by atoms with E-state index in [4.69, 9.17) is 4.42 Å². The topological polar surface area (TPSA) is 78.3 Å². The van der Waals surface area contributed by atoms with Crippen molar-refractivity contribution < 1.29 is 9.34 Å². The number of aromatic nitrogens is 1. The summed E-state index contributed by atoms with van der Waals surface area (Å²) in [5.74, 6) is -0.451. The molecule has 1 aliphatic rings. The summed E-state index contributed by atoms with van der Waals surface area (Å²) >= 11 is 3.50. The lowest BCUT2D eigenvalue weighted by Crippen LogP contribution is -2.38. The van der Waals surface area contributed by atoms with Crippen molar-refractivity contribution in [1.82, 2.24) is 4.57 Å². The molecule has 106 valence electrons. The molecule has 0 bridgehead atoms. The van der Waals surface area contributed by atoms with Gasteiger partial charge in [-0.15, -0.1) is 0 Å². The molecule has 2 aromatic rings. The molecule has 1 fully saturated rings. The molecule has 0 radical (unpaired) electrons. The first-order chi connectivity index (χ1) is 9.54. The monoisotopic (exact) mass is 340 g/mol. The normalized spacial score (nSPS) is 17.1. The van der Waals surface area contributed by atoms with Crippen LogP contribution in [0.4, 0.5) is 5.69 Å². The highest BCUT2D eigenvalue weighted by atomic mass is 79.9. The third-order valence-corrected chi connectivity index (χ3v) is 5.24. The number of oxazole rings is 1. The third-order valence-electron chi connectivity index (χ3n) is 4.05. The van der Waals surface area contributed by atoms with Crippen LogP contribution in [0.3, 0.4) is 0 Å². The summed E-state index contributed by atoms with van der Waals surface area (Å²) in [5.41, 5.74) is 0.917. The lowest BCUT2D eigenvalue weighted by Gasteiger charge is -2.40. The van der Waals surface area contributed by atoms with Gasteiger partial charge in [0, 0.05) is 24.0 Å². The summed E-state index contributed by atoms with van der Waals surface area (Å²) < 4.78 is 6.68. The van der Waals surface area contributed by atoms with Crippen LogP contribution in [0.5, 0.6) is 0 Å². The number of nitro groups is 1. The number of non-ortho nitro benzene ring substituents is 1. The quantitative estimate of drug-likeness (QED) is 0.486. The molecular weight excluding hydrogens is 328 g/mol. The largest absolute Gasteiger partial charge is 0.419 e. The zero-order valence-electron chi connectivity index (χ0n) is 10.7. The molecule has 0 saturated heterocycles. The number of hydrogen-bond acceptors (Lipinski definition) is 4. The van der Waals surface area contributed by atoms with Gasteiger partial charge in [0.2, 0.25) is 0 Å². The molecule has 0 spiro atoms. The van der Waals surface area contributed by atoms with Crippen molar-refractivity contribution in [2.75, 3.05) is 5.33 Å². The number of halogens is 1. The second-order valence-electron chi connectivity index (χ2n) is 5.35. The fraction of sp³-hybridized carbons (Fsp3) is 0.462. The Hall–Kier alpha value is -1.63. The van der Waals surface area contributed by atoms with Crippen molar-refractivity contribution in [1.29, 1.82) is 0 Å². The molecule has 7 heteroatoms. The maximum atomic E-state index is 12.0. The highest BCUT2D eigenvalue weighted by molar-refractivity contribution is 9.09. The Bertz CT molecular complexity index is 724. The molecule has 1 saturated carbocycles. The van der Waals surface area contributed by atoms with E-state index >= 15 is 0 Å². The molecule has 1 aliphatic carbocycles. The van der Waals surface area contributed by atoms with Gasteiger partial charge in [0.25, 0.3) is 5.69 Å². The van der Waals surface area contributed by atoms with E-state index in [1.807, 2.05) is 0 Å². The van der Waals surface area contributed by atoms with E-state index in [2.05, 4.69) is 15.9 Å². The first-order valence-corrected chi connectivity index (χ1v) is 7.51. The predicted molar refractivity (Wildman–Crippen MR) is 77.2 cm³/mol. The molecule has 1 heterocycles. The molecule has 0 unspecified atom stereocenters. The number of rotatable bonds is 4. The minimum absolute atomic E-state index is 0.0337. The van der Waals surface area contributed by atoms with Crippen LogP contribution >= 0.6 is 15.9 Å². The Morgan fingerprint density at radius 2 is 2.20 bits per heavy atom. The van der Waals surface area contributed by atoms with E-state index < -0.39 is 10.7 Å². The van der Waals surface area contributed by atoms with Crippen LogP contribution in [-0.4, -0.2) is 14.8 Å². The van der Waals surface area contributed by atoms with Crippen molar-refractivity contribution >= 4 is 32.7 Å². The first-order valence-electron chi connectivity index (χ1n) is 6.38. The molecule has 1 aromatic heterocycles. The van der Waals surface area contributed by atoms with Gasteiger partial charge in [-0.3, -0.25) is 14.7 Å². The van der Waals surface area contributed by atoms with Crippen molar-refractivity contribution in [3.05, 3.63) is 38.9 Å². The van der Waals surface area contributed by atoms with Gasteiger partial charge >= 0.3 is 5.76 Å². The summed E-state index contributed by atoms with van der Waals surface area (Å²) in [5, 5.41) is 11.7. The van der Waals surface area contributed by atoms with Gasteiger partial charge in [0.05, 0.1) is 10.4 Å². The molecule has 0 amide bonds. The summed E-state index contributed by atoms with van der Waals surface area (Å²) in [6.07, 6.45) is 3.24. The van der Waals surface area contributed by atoms with Crippen molar-refractivity contribution in [2.45, 2.75) is 25.8 Å². The molecule has 0 aliphatic heterocycles. The van der Waals surface area contributed by atoms with Crippen LogP contribution in [0.1, 0.15) is 19.3 Å². The Morgan fingerprint density at radius 1 is 1.45 bits per heavy atom. The van der Waals surface area contributed by atoms with Gasteiger partial charge in [-0.1, -0.05) is 22.4 Å². The molecule has 0 N–H and O–H groups in total. The highest BCUT2D eigenvalue weighted by Crippen LogP contribution is 2.44. The van der Waals surface area contributed by atoms with Crippen LogP contribution in [0.25, 0.3) is 11.1 Å². The van der Waals surface area contributed by atoms with E-state index in [9.17, 15) is 14.9 Å². The number of alkyl halides is 1. The molecule has 6 nitrogen and oxygen atoms in total. The Balaban J connectivity index is 2.09. The maximum absolute atomic E-state index is 12.0. The maximum Gasteiger partial charge on any atom is 0.419 e. The molecule has 20 heavy (non-hydrogen) atoms. The minimum Gasteiger partial charge on any atom is -0.408 e. The number of nitrogens with zero attached hydrogens (tertiary/aromatic N) is 2. The third kappa shape index (κ3) is 2.06. The van der Waals surface area contributed by atoms with Crippen LogP contribution in [0.2, 0.25) is 0 Å². The molecule has 0 atom stereocenters. The van der Waals surface area contributed by atoms with E-state index in [0.717, 1.165) is 24.6 Å². The molecular formula is C13H13BrN2O4. The Labute approximate surface area is 122 Å². The van der Waals surface area contributed by atoms with Crippen LogP contribution in [-0.2, 0) is 6.54 Å². The average Bonchev–Trinajstić information content (AvgIpc) is 2.68. The lowest BCUT2D eigenvalue weighted by atomic mass is 9.70. The fourth-order valence-electron chi connectivity index (χ4n) is 2.66. The molecule has 3 rings (SSSR count). The van der Waals surface area contributed by atoms with Gasteiger partial charge < -0.3 is 4.42 Å².